The first-order valence-electron chi connectivity index (χ1n) is 5.58. The fourth-order valence-electron chi connectivity index (χ4n) is 1.85. The monoisotopic (exact) mass is 212 g/mol. The highest BCUT2D eigenvalue weighted by Crippen LogP contribution is 2.17. The van der Waals surface area contributed by atoms with Crippen molar-refractivity contribution in [1.29, 1.82) is 0 Å². The first-order valence-corrected chi connectivity index (χ1v) is 5.58. The summed E-state index contributed by atoms with van der Waals surface area (Å²) in [5.41, 5.74) is 3.81. The minimum atomic E-state index is 0.355. The lowest BCUT2D eigenvalue weighted by atomic mass is 10.0. The predicted octanol–water partition coefficient (Wildman–Crippen LogP) is 3.49. The van der Waals surface area contributed by atoms with Gasteiger partial charge in [0.2, 0.25) is 0 Å². The van der Waals surface area contributed by atoms with Gasteiger partial charge in [-0.3, -0.25) is 0 Å². The Balaban J connectivity index is 2.08. The van der Waals surface area contributed by atoms with Crippen molar-refractivity contribution in [2.24, 2.45) is 0 Å². The van der Waals surface area contributed by atoms with Crippen molar-refractivity contribution in [3.8, 4) is 5.75 Å². The molecule has 0 unspecified atom stereocenters. The fourth-order valence-corrected chi connectivity index (χ4v) is 1.85. The minimum Gasteiger partial charge on any atom is -0.508 e. The van der Waals surface area contributed by atoms with Crippen LogP contribution in [0.1, 0.15) is 16.7 Å². The maximum atomic E-state index is 9.43. The highest BCUT2D eigenvalue weighted by atomic mass is 16.3. The van der Waals surface area contributed by atoms with Gasteiger partial charge in [-0.15, -0.1) is 0 Å². The number of hydrogen-bond acceptors (Lipinski definition) is 1. The molecule has 0 saturated heterocycles. The Hall–Kier alpha value is -1.76. The van der Waals surface area contributed by atoms with Gasteiger partial charge in [0.15, 0.2) is 0 Å². The van der Waals surface area contributed by atoms with Crippen LogP contribution in [0.2, 0.25) is 0 Å². The van der Waals surface area contributed by atoms with Crippen LogP contribution in [-0.2, 0) is 12.8 Å². The fraction of sp³-hybridized carbons (Fsp3) is 0.200. The molecule has 0 spiro atoms. The molecule has 2 aromatic carbocycles. The molecule has 16 heavy (non-hydrogen) atoms. The van der Waals surface area contributed by atoms with Gasteiger partial charge in [0.05, 0.1) is 0 Å². The quantitative estimate of drug-likeness (QED) is 0.825. The molecule has 82 valence electrons. The van der Waals surface area contributed by atoms with Crippen molar-refractivity contribution in [2.45, 2.75) is 19.8 Å². The summed E-state index contributed by atoms with van der Waals surface area (Å²) in [5, 5.41) is 9.43. The molecule has 1 N–H and O–H groups in total. The molecule has 0 aliphatic carbocycles. The van der Waals surface area contributed by atoms with E-state index in [4.69, 9.17) is 0 Å². The van der Waals surface area contributed by atoms with E-state index in [1.165, 1.54) is 16.7 Å². The van der Waals surface area contributed by atoms with E-state index in [-0.39, 0.29) is 0 Å². The molecule has 0 radical (unpaired) electrons. The lowest BCUT2D eigenvalue weighted by molar-refractivity contribution is 0.474. The largest absolute Gasteiger partial charge is 0.508 e. The molecular weight excluding hydrogens is 196 g/mol. The van der Waals surface area contributed by atoms with Gasteiger partial charge < -0.3 is 5.11 Å². The molecule has 0 heterocycles. The lowest BCUT2D eigenvalue weighted by Gasteiger charge is -2.06. The van der Waals surface area contributed by atoms with Crippen molar-refractivity contribution >= 4 is 0 Å². The van der Waals surface area contributed by atoms with Gasteiger partial charge in [0.25, 0.3) is 0 Å². The Labute approximate surface area is 96.4 Å². The number of aryl methyl sites for hydroxylation is 3. The third-order valence-corrected chi connectivity index (χ3v) is 2.86. The van der Waals surface area contributed by atoms with Gasteiger partial charge in [-0.2, -0.15) is 0 Å². The highest BCUT2D eigenvalue weighted by molar-refractivity contribution is 5.34. The zero-order valence-electron chi connectivity index (χ0n) is 9.48. The number of rotatable bonds is 3. The number of phenolic OH excluding ortho intramolecular Hbond substituents is 1. The molecule has 0 fully saturated rings. The van der Waals surface area contributed by atoms with Crippen molar-refractivity contribution < 1.29 is 5.11 Å². The summed E-state index contributed by atoms with van der Waals surface area (Å²) in [5.74, 6) is 0.355. The second-order valence-corrected chi connectivity index (χ2v) is 4.10. The summed E-state index contributed by atoms with van der Waals surface area (Å²) >= 11 is 0. The summed E-state index contributed by atoms with van der Waals surface area (Å²) in [6, 6.07) is 16.0. The average Bonchev–Trinajstić information content (AvgIpc) is 2.32. The van der Waals surface area contributed by atoms with Gasteiger partial charge in [-0.05, 0) is 48.6 Å². The molecule has 2 aromatic rings. The van der Waals surface area contributed by atoms with Crippen LogP contribution < -0.4 is 0 Å². The molecule has 0 bridgehead atoms. The van der Waals surface area contributed by atoms with E-state index in [0.717, 1.165) is 12.8 Å². The van der Waals surface area contributed by atoms with E-state index in [1.807, 2.05) is 18.2 Å². The third kappa shape index (κ3) is 2.63. The van der Waals surface area contributed by atoms with E-state index in [9.17, 15) is 5.11 Å². The molecule has 1 heteroatoms. The highest BCUT2D eigenvalue weighted by Gasteiger charge is 2.00. The van der Waals surface area contributed by atoms with Crippen LogP contribution in [0, 0.1) is 6.92 Å². The Bertz CT molecular complexity index is 460. The van der Waals surface area contributed by atoms with Crippen LogP contribution in [0.25, 0.3) is 0 Å². The van der Waals surface area contributed by atoms with Gasteiger partial charge in [0.1, 0.15) is 5.75 Å². The van der Waals surface area contributed by atoms with E-state index in [2.05, 4.69) is 31.2 Å². The maximum absolute atomic E-state index is 9.43. The Morgan fingerprint density at radius 2 is 1.69 bits per heavy atom. The summed E-state index contributed by atoms with van der Waals surface area (Å²) in [6.45, 7) is 2.08. The summed E-state index contributed by atoms with van der Waals surface area (Å²) < 4.78 is 0. The SMILES string of the molecule is Cc1ccc(O)cc1CCc1ccccc1. The first kappa shape index (κ1) is 10.7. The van der Waals surface area contributed by atoms with Gasteiger partial charge >= 0.3 is 0 Å². The maximum Gasteiger partial charge on any atom is 0.115 e. The molecule has 2 rings (SSSR count). The summed E-state index contributed by atoms with van der Waals surface area (Å²) in [7, 11) is 0. The summed E-state index contributed by atoms with van der Waals surface area (Å²) in [6.07, 6.45) is 2.00. The molecule has 0 saturated carbocycles. The van der Waals surface area contributed by atoms with Crippen molar-refractivity contribution in [2.75, 3.05) is 0 Å². The first-order chi connectivity index (χ1) is 7.75. The van der Waals surface area contributed by atoms with Crippen LogP contribution in [0.3, 0.4) is 0 Å². The van der Waals surface area contributed by atoms with Gasteiger partial charge in [-0.1, -0.05) is 36.4 Å². The van der Waals surface area contributed by atoms with Crippen LogP contribution >= 0.6 is 0 Å². The smallest absolute Gasteiger partial charge is 0.115 e. The molecular formula is C15H16O. The standard InChI is InChI=1S/C15H16O/c1-12-7-10-15(16)11-14(12)9-8-13-5-3-2-4-6-13/h2-7,10-11,16H,8-9H2,1H3. The van der Waals surface area contributed by atoms with E-state index >= 15 is 0 Å². The van der Waals surface area contributed by atoms with Crippen molar-refractivity contribution in [3.63, 3.8) is 0 Å². The molecule has 0 atom stereocenters. The molecule has 0 aromatic heterocycles. The minimum absolute atomic E-state index is 0.355. The molecule has 1 nitrogen and oxygen atoms in total. The van der Waals surface area contributed by atoms with Gasteiger partial charge in [-0.25, -0.2) is 0 Å². The van der Waals surface area contributed by atoms with Crippen molar-refractivity contribution in [1.82, 2.24) is 0 Å². The molecule has 0 aliphatic rings. The predicted molar refractivity (Wildman–Crippen MR) is 66.7 cm³/mol. The van der Waals surface area contributed by atoms with Crippen LogP contribution in [0.4, 0.5) is 0 Å². The number of aromatic hydroxyl groups is 1. The van der Waals surface area contributed by atoms with E-state index < -0.39 is 0 Å². The van der Waals surface area contributed by atoms with Crippen molar-refractivity contribution in [3.05, 3.63) is 65.2 Å². The van der Waals surface area contributed by atoms with Crippen LogP contribution in [-0.4, -0.2) is 5.11 Å². The number of benzene rings is 2. The Morgan fingerprint density at radius 1 is 0.938 bits per heavy atom. The van der Waals surface area contributed by atoms with Gasteiger partial charge in [0, 0.05) is 0 Å². The number of phenols is 1. The van der Waals surface area contributed by atoms with Crippen LogP contribution in [0.5, 0.6) is 5.75 Å². The summed E-state index contributed by atoms with van der Waals surface area (Å²) in [4.78, 5) is 0. The zero-order chi connectivity index (χ0) is 11.4. The second kappa shape index (κ2) is 4.84. The lowest BCUT2D eigenvalue weighted by Crippen LogP contribution is -1.93. The van der Waals surface area contributed by atoms with E-state index in [0.29, 0.717) is 5.75 Å². The average molecular weight is 212 g/mol. The Kier molecular flexibility index (Phi) is 3.25. The number of hydrogen-bond donors (Lipinski definition) is 1. The topological polar surface area (TPSA) is 20.2 Å². The molecule has 0 amide bonds. The third-order valence-electron chi connectivity index (χ3n) is 2.86. The second-order valence-electron chi connectivity index (χ2n) is 4.10. The van der Waals surface area contributed by atoms with E-state index in [1.54, 1.807) is 6.07 Å². The zero-order valence-corrected chi connectivity index (χ0v) is 9.48. The Morgan fingerprint density at radius 3 is 2.44 bits per heavy atom. The van der Waals surface area contributed by atoms with Crippen LogP contribution in [0.15, 0.2) is 48.5 Å². The molecule has 0 aliphatic heterocycles. The normalized spacial score (nSPS) is 10.3.